The Labute approximate surface area is 93.6 Å². The van der Waals surface area contributed by atoms with Crippen molar-refractivity contribution in [2.45, 2.75) is 25.7 Å². The zero-order chi connectivity index (χ0) is 10.4. The van der Waals surface area contributed by atoms with Gasteiger partial charge in [-0.1, -0.05) is 6.42 Å². The highest BCUT2D eigenvalue weighted by atomic mass is 35.5. The molecular formula is C12H13ClO2. The summed E-state index contributed by atoms with van der Waals surface area (Å²) in [4.78, 5) is 12.1. The highest BCUT2D eigenvalue weighted by Gasteiger charge is 2.43. The van der Waals surface area contributed by atoms with Gasteiger partial charge >= 0.3 is 0 Å². The number of hydrogen-bond acceptors (Lipinski definition) is 2. The molecule has 0 aliphatic heterocycles. The van der Waals surface area contributed by atoms with Gasteiger partial charge in [-0.2, -0.15) is 0 Å². The predicted molar refractivity (Wildman–Crippen MR) is 57.0 cm³/mol. The number of carbonyl (C=O) groups is 1. The molecule has 2 saturated carbocycles. The van der Waals surface area contributed by atoms with Crippen LogP contribution >= 0.6 is 11.6 Å². The van der Waals surface area contributed by atoms with Crippen LogP contribution in [0.5, 0.6) is 0 Å². The summed E-state index contributed by atoms with van der Waals surface area (Å²) < 4.78 is 5.18. The summed E-state index contributed by atoms with van der Waals surface area (Å²) in [6.07, 6.45) is 4.83. The Hall–Kier alpha value is -0.760. The van der Waals surface area contributed by atoms with Gasteiger partial charge in [0.1, 0.15) is 0 Å². The SMILES string of the molecule is O=C(c1ccc(Cl)o1)C1CC2CCC1C2. The summed E-state index contributed by atoms with van der Waals surface area (Å²) in [6.45, 7) is 0. The number of hydrogen-bond donors (Lipinski definition) is 0. The standard InChI is InChI=1S/C12H13ClO2/c13-11-4-3-10(15-11)12(14)9-6-7-1-2-8(9)5-7/h3-4,7-9H,1-2,5-6H2. The Morgan fingerprint density at radius 1 is 1.33 bits per heavy atom. The molecule has 0 spiro atoms. The number of ketones is 1. The van der Waals surface area contributed by atoms with Crippen LogP contribution in [0.1, 0.15) is 36.2 Å². The van der Waals surface area contributed by atoms with E-state index in [1.54, 1.807) is 12.1 Å². The third kappa shape index (κ3) is 1.51. The summed E-state index contributed by atoms with van der Waals surface area (Å²) in [5.41, 5.74) is 0. The molecule has 2 aliphatic rings. The van der Waals surface area contributed by atoms with Crippen molar-refractivity contribution >= 4 is 17.4 Å². The lowest BCUT2D eigenvalue weighted by molar-refractivity contribution is 0.0845. The Bertz CT molecular complexity index is 396. The summed E-state index contributed by atoms with van der Waals surface area (Å²) in [5, 5.41) is 0.307. The monoisotopic (exact) mass is 224 g/mol. The first-order valence-corrected chi connectivity index (χ1v) is 5.91. The number of furan rings is 1. The molecule has 0 aromatic carbocycles. The lowest BCUT2D eigenvalue weighted by Crippen LogP contribution is -2.20. The van der Waals surface area contributed by atoms with Gasteiger partial charge in [0.05, 0.1) is 0 Å². The molecule has 2 fully saturated rings. The first kappa shape index (κ1) is 9.46. The normalized spacial score (nSPS) is 33.5. The Morgan fingerprint density at radius 2 is 2.20 bits per heavy atom. The minimum absolute atomic E-state index is 0.161. The van der Waals surface area contributed by atoms with Crippen molar-refractivity contribution in [3.05, 3.63) is 23.1 Å². The molecule has 3 unspecified atom stereocenters. The van der Waals surface area contributed by atoms with Crippen LogP contribution in [0.2, 0.25) is 5.22 Å². The van der Waals surface area contributed by atoms with Crippen molar-refractivity contribution in [1.29, 1.82) is 0 Å². The van der Waals surface area contributed by atoms with Crippen LogP contribution in [-0.4, -0.2) is 5.78 Å². The van der Waals surface area contributed by atoms with Crippen molar-refractivity contribution < 1.29 is 9.21 Å². The van der Waals surface area contributed by atoms with Crippen molar-refractivity contribution in [3.8, 4) is 0 Å². The van der Waals surface area contributed by atoms with Gasteiger partial charge in [0.25, 0.3) is 0 Å². The van der Waals surface area contributed by atoms with E-state index >= 15 is 0 Å². The van der Waals surface area contributed by atoms with E-state index in [4.69, 9.17) is 16.0 Å². The first-order chi connectivity index (χ1) is 7.24. The van der Waals surface area contributed by atoms with Gasteiger partial charge < -0.3 is 4.42 Å². The molecule has 3 rings (SSSR count). The molecule has 1 aromatic rings. The van der Waals surface area contributed by atoms with Crippen LogP contribution in [0.15, 0.2) is 16.5 Å². The van der Waals surface area contributed by atoms with Gasteiger partial charge in [0.15, 0.2) is 11.0 Å². The quantitative estimate of drug-likeness (QED) is 0.720. The second-order valence-corrected chi connectivity index (χ2v) is 5.12. The molecule has 0 N–H and O–H groups in total. The van der Waals surface area contributed by atoms with Gasteiger partial charge in [-0.25, -0.2) is 0 Å². The number of halogens is 1. The zero-order valence-corrected chi connectivity index (χ0v) is 9.17. The summed E-state index contributed by atoms with van der Waals surface area (Å²) in [5.74, 6) is 2.19. The van der Waals surface area contributed by atoms with E-state index in [0.717, 1.165) is 12.3 Å². The van der Waals surface area contributed by atoms with E-state index in [-0.39, 0.29) is 11.7 Å². The molecule has 3 atom stereocenters. The van der Waals surface area contributed by atoms with E-state index in [2.05, 4.69) is 0 Å². The second kappa shape index (κ2) is 3.38. The van der Waals surface area contributed by atoms with Crippen LogP contribution in [-0.2, 0) is 0 Å². The lowest BCUT2D eigenvalue weighted by atomic mass is 9.85. The molecular weight excluding hydrogens is 212 g/mol. The lowest BCUT2D eigenvalue weighted by Gasteiger charge is -2.18. The van der Waals surface area contributed by atoms with E-state index in [1.165, 1.54) is 19.3 Å². The molecule has 3 heteroatoms. The van der Waals surface area contributed by atoms with E-state index in [1.807, 2.05) is 0 Å². The van der Waals surface area contributed by atoms with Crippen molar-refractivity contribution in [3.63, 3.8) is 0 Å². The fourth-order valence-electron chi connectivity index (χ4n) is 3.20. The highest BCUT2D eigenvalue weighted by Crippen LogP contribution is 2.49. The van der Waals surface area contributed by atoms with Crippen molar-refractivity contribution in [2.75, 3.05) is 0 Å². The number of rotatable bonds is 2. The van der Waals surface area contributed by atoms with Crippen LogP contribution < -0.4 is 0 Å². The predicted octanol–water partition coefficient (Wildman–Crippen LogP) is 3.55. The van der Waals surface area contributed by atoms with Gasteiger partial charge in [0.2, 0.25) is 5.78 Å². The fraction of sp³-hybridized carbons (Fsp3) is 0.583. The zero-order valence-electron chi connectivity index (χ0n) is 8.41. The maximum atomic E-state index is 12.1. The Balaban J connectivity index is 1.81. The summed E-state index contributed by atoms with van der Waals surface area (Å²) in [7, 11) is 0. The number of Topliss-reactive ketones (excluding diaryl/α,β-unsaturated/α-hetero) is 1. The van der Waals surface area contributed by atoms with Crippen LogP contribution in [0, 0.1) is 17.8 Å². The fourth-order valence-corrected chi connectivity index (χ4v) is 3.34. The summed E-state index contributed by atoms with van der Waals surface area (Å²) in [6, 6.07) is 3.33. The number of carbonyl (C=O) groups excluding carboxylic acids is 1. The average Bonchev–Trinajstić information content (AvgIpc) is 2.90. The molecule has 1 aromatic heterocycles. The van der Waals surface area contributed by atoms with Crippen molar-refractivity contribution in [1.82, 2.24) is 0 Å². The second-order valence-electron chi connectivity index (χ2n) is 4.75. The van der Waals surface area contributed by atoms with Crippen LogP contribution in [0.25, 0.3) is 0 Å². The van der Waals surface area contributed by atoms with Crippen molar-refractivity contribution in [2.24, 2.45) is 17.8 Å². The smallest absolute Gasteiger partial charge is 0.201 e. The third-order valence-electron chi connectivity index (χ3n) is 3.89. The van der Waals surface area contributed by atoms with E-state index in [0.29, 0.717) is 16.9 Å². The molecule has 2 nitrogen and oxygen atoms in total. The molecule has 0 amide bonds. The van der Waals surface area contributed by atoms with Gasteiger partial charge in [-0.3, -0.25) is 4.79 Å². The minimum atomic E-state index is 0.161. The molecule has 0 radical (unpaired) electrons. The van der Waals surface area contributed by atoms with Crippen LogP contribution in [0.3, 0.4) is 0 Å². The maximum absolute atomic E-state index is 12.1. The maximum Gasteiger partial charge on any atom is 0.201 e. The molecule has 0 saturated heterocycles. The first-order valence-electron chi connectivity index (χ1n) is 5.53. The van der Waals surface area contributed by atoms with Crippen LogP contribution in [0.4, 0.5) is 0 Å². The van der Waals surface area contributed by atoms with E-state index < -0.39 is 0 Å². The Kier molecular flexibility index (Phi) is 2.13. The molecule has 80 valence electrons. The highest BCUT2D eigenvalue weighted by molar-refractivity contribution is 6.29. The van der Waals surface area contributed by atoms with Gasteiger partial charge in [-0.05, 0) is 54.8 Å². The molecule has 1 heterocycles. The van der Waals surface area contributed by atoms with Gasteiger partial charge in [0, 0.05) is 5.92 Å². The Morgan fingerprint density at radius 3 is 2.73 bits per heavy atom. The average molecular weight is 225 g/mol. The topological polar surface area (TPSA) is 30.2 Å². The number of fused-ring (bicyclic) bond motifs is 2. The molecule has 2 bridgehead atoms. The van der Waals surface area contributed by atoms with E-state index in [9.17, 15) is 4.79 Å². The molecule has 15 heavy (non-hydrogen) atoms. The van der Waals surface area contributed by atoms with Gasteiger partial charge in [-0.15, -0.1) is 0 Å². The summed E-state index contributed by atoms with van der Waals surface area (Å²) >= 11 is 5.67. The molecule has 2 aliphatic carbocycles. The minimum Gasteiger partial charge on any atom is -0.442 e. The third-order valence-corrected chi connectivity index (χ3v) is 4.09. The largest absolute Gasteiger partial charge is 0.442 e.